The Balaban J connectivity index is 1.53. The Morgan fingerprint density at radius 2 is 1.90 bits per heavy atom. The topological polar surface area (TPSA) is 64.6 Å². The van der Waals surface area contributed by atoms with E-state index in [4.69, 9.17) is 4.98 Å². The van der Waals surface area contributed by atoms with Crippen molar-refractivity contribution in [1.82, 2.24) is 19.8 Å². The summed E-state index contributed by atoms with van der Waals surface area (Å²) in [6.07, 6.45) is 0.611. The van der Waals surface area contributed by atoms with Crippen LogP contribution in [-0.2, 0) is 13.0 Å². The Morgan fingerprint density at radius 3 is 2.60 bits per heavy atom. The van der Waals surface area contributed by atoms with Crippen molar-refractivity contribution >= 4 is 17.5 Å². The molecule has 0 radical (unpaired) electrons. The summed E-state index contributed by atoms with van der Waals surface area (Å²) < 4.78 is 27.0. The summed E-state index contributed by atoms with van der Waals surface area (Å²) in [6, 6.07) is 2.68. The molecule has 2 amide bonds. The Kier molecular flexibility index (Phi) is 5.80. The van der Waals surface area contributed by atoms with Crippen molar-refractivity contribution in [2.45, 2.75) is 26.8 Å². The number of urea groups is 1. The number of rotatable bonds is 3. The largest absolute Gasteiger partial charge is 0.354 e. The monoisotopic (exact) mass is 416 g/mol. The number of nitrogens with zero attached hydrogens (tertiary/aromatic N) is 5. The quantitative estimate of drug-likeness (QED) is 0.834. The third-order valence-electron chi connectivity index (χ3n) is 5.73. The molecule has 0 aliphatic carbocycles. The molecule has 7 nitrogen and oxygen atoms in total. The number of carbonyl (C=O) groups is 1. The number of hydrogen-bond donors (Lipinski definition) is 1. The summed E-state index contributed by atoms with van der Waals surface area (Å²) in [5, 5.41) is 2.55. The van der Waals surface area contributed by atoms with Gasteiger partial charge >= 0.3 is 6.03 Å². The van der Waals surface area contributed by atoms with Gasteiger partial charge in [0.2, 0.25) is 0 Å². The van der Waals surface area contributed by atoms with Crippen molar-refractivity contribution in [1.29, 1.82) is 0 Å². The van der Waals surface area contributed by atoms with E-state index in [-0.39, 0.29) is 5.69 Å². The first-order chi connectivity index (χ1) is 14.4. The van der Waals surface area contributed by atoms with E-state index in [0.29, 0.717) is 19.5 Å². The lowest BCUT2D eigenvalue weighted by atomic mass is 10.1. The Labute approximate surface area is 174 Å². The number of hydrogen-bond acceptors (Lipinski definition) is 5. The number of halogens is 2. The zero-order chi connectivity index (χ0) is 21.3. The fraction of sp³-hybridized carbons (Fsp3) is 0.476. The fourth-order valence-electron chi connectivity index (χ4n) is 4.01. The molecule has 9 heteroatoms. The molecular weight excluding hydrogens is 390 g/mol. The van der Waals surface area contributed by atoms with E-state index in [0.717, 1.165) is 67.8 Å². The van der Waals surface area contributed by atoms with Gasteiger partial charge in [-0.3, -0.25) is 0 Å². The number of anilines is 2. The molecule has 0 spiro atoms. The molecule has 0 bridgehead atoms. The van der Waals surface area contributed by atoms with Crippen LogP contribution >= 0.6 is 0 Å². The number of amides is 2. The molecular formula is C21H26F2N6O. The normalized spacial score (nSPS) is 17.1. The number of fused-ring (bicyclic) bond motifs is 1. The summed E-state index contributed by atoms with van der Waals surface area (Å²) in [5.41, 5.74) is 1.88. The highest BCUT2D eigenvalue weighted by atomic mass is 19.1. The number of carbonyl (C=O) groups excluding carboxylic acids is 1. The van der Waals surface area contributed by atoms with Crippen molar-refractivity contribution in [2.24, 2.45) is 0 Å². The number of piperazine rings is 1. The molecule has 1 aromatic carbocycles. The molecule has 30 heavy (non-hydrogen) atoms. The van der Waals surface area contributed by atoms with Gasteiger partial charge in [-0.2, -0.15) is 0 Å². The zero-order valence-electron chi connectivity index (χ0n) is 17.3. The van der Waals surface area contributed by atoms with E-state index in [1.807, 2.05) is 6.92 Å². The third-order valence-corrected chi connectivity index (χ3v) is 5.73. The molecule has 1 N–H and O–H groups in total. The summed E-state index contributed by atoms with van der Waals surface area (Å²) >= 11 is 0. The average Bonchev–Trinajstić information content (AvgIpc) is 2.74. The maximum absolute atomic E-state index is 13.9. The lowest BCUT2D eigenvalue weighted by Gasteiger charge is -2.37. The highest BCUT2D eigenvalue weighted by Gasteiger charge is 2.28. The van der Waals surface area contributed by atoms with Crippen LogP contribution in [-0.4, -0.2) is 65.1 Å². The SMILES string of the molecule is CCN1CCN(c2nc(C)nc3c2CN(C(=O)Nc2ccc(F)cc2F)CC3)CC1. The van der Waals surface area contributed by atoms with Gasteiger partial charge in [-0.1, -0.05) is 6.92 Å². The van der Waals surface area contributed by atoms with Crippen molar-refractivity contribution in [2.75, 3.05) is 49.5 Å². The van der Waals surface area contributed by atoms with Crippen molar-refractivity contribution in [3.8, 4) is 0 Å². The molecule has 1 saturated heterocycles. The van der Waals surface area contributed by atoms with Gasteiger partial charge in [-0.25, -0.2) is 23.5 Å². The van der Waals surface area contributed by atoms with Gasteiger partial charge < -0.3 is 20.0 Å². The van der Waals surface area contributed by atoms with Crippen LogP contribution in [0.15, 0.2) is 18.2 Å². The number of likely N-dealkylation sites (N-methyl/N-ethyl adjacent to an activating group) is 1. The Hall–Kier alpha value is -2.81. The van der Waals surface area contributed by atoms with E-state index in [2.05, 4.69) is 27.0 Å². The first-order valence-corrected chi connectivity index (χ1v) is 10.3. The number of aryl methyl sites for hydroxylation is 1. The smallest absolute Gasteiger partial charge is 0.322 e. The molecule has 0 saturated carbocycles. The van der Waals surface area contributed by atoms with Crippen LogP contribution in [0.1, 0.15) is 24.0 Å². The minimum Gasteiger partial charge on any atom is -0.354 e. The second kappa shape index (κ2) is 8.51. The zero-order valence-corrected chi connectivity index (χ0v) is 17.3. The van der Waals surface area contributed by atoms with E-state index in [1.54, 1.807) is 4.90 Å². The molecule has 2 aromatic rings. The number of benzene rings is 1. The van der Waals surface area contributed by atoms with Crippen molar-refractivity contribution in [3.63, 3.8) is 0 Å². The first kappa shape index (κ1) is 20.5. The van der Waals surface area contributed by atoms with Crippen LogP contribution in [0, 0.1) is 18.6 Å². The highest BCUT2D eigenvalue weighted by Crippen LogP contribution is 2.28. The van der Waals surface area contributed by atoms with Crippen LogP contribution in [0.4, 0.5) is 25.1 Å². The van der Waals surface area contributed by atoms with Gasteiger partial charge in [0.05, 0.1) is 17.9 Å². The molecule has 2 aliphatic rings. The molecule has 0 atom stereocenters. The Morgan fingerprint density at radius 1 is 1.13 bits per heavy atom. The fourth-order valence-corrected chi connectivity index (χ4v) is 4.01. The van der Waals surface area contributed by atoms with Crippen LogP contribution in [0.3, 0.4) is 0 Å². The summed E-state index contributed by atoms with van der Waals surface area (Å²) in [4.78, 5) is 28.3. The summed E-state index contributed by atoms with van der Waals surface area (Å²) in [6.45, 7) is 9.62. The van der Waals surface area contributed by atoms with Gasteiger partial charge in [-0.15, -0.1) is 0 Å². The number of aromatic nitrogens is 2. The molecule has 3 heterocycles. The van der Waals surface area contributed by atoms with Gasteiger partial charge in [0.15, 0.2) is 0 Å². The van der Waals surface area contributed by atoms with E-state index < -0.39 is 17.7 Å². The molecule has 160 valence electrons. The lowest BCUT2D eigenvalue weighted by Crippen LogP contribution is -2.47. The molecule has 1 aromatic heterocycles. The molecule has 4 rings (SSSR count). The lowest BCUT2D eigenvalue weighted by molar-refractivity contribution is 0.205. The maximum Gasteiger partial charge on any atom is 0.322 e. The Bertz CT molecular complexity index is 945. The standard InChI is InChI=1S/C21H26F2N6O/c1-3-27-8-10-28(11-9-27)20-16-13-29(7-6-18(16)24-14(2)25-20)21(30)26-19-5-4-15(22)12-17(19)23/h4-5,12H,3,6-11,13H2,1-2H3,(H,26,30). The maximum atomic E-state index is 13.9. The van der Waals surface area contributed by atoms with Crippen LogP contribution < -0.4 is 10.2 Å². The summed E-state index contributed by atoms with van der Waals surface area (Å²) in [7, 11) is 0. The predicted octanol–water partition coefficient (Wildman–Crippen LogP) is 2.80. The predicted molar refractivity (Wildman–Crippen MR) is 111 cm³/mol. The van der Waals surface area contributed by atoms with Crippen molar-refractivity contribution < 1.29 is 13.6 Å². The minimum atomic E-state index is -0.797. The average molecular weight is 416 g/mol. The minimum absolute atomic E-state index is 0.0386. The van der Waals surface area contributed by atoms with E-state index in [9.17, 15) is 13.6 Å². The van der Waals surface area contributed by atoms with Gasteiger partial charge in [-0.05, 0) is 25.6 Å². The highest BCUT2D eigenvalue weighted by molar-refractivity contribution is 5.89. The molecule has 0 unspecified atom stereocenters. The van der Waals surface area contributed by atoms with Gasteiger partial charge in [0.1, 0.15) is 23.3 Å². The number of nitrogens with one attached hydrogen (secondary N) is 1. The molecule has 1 fully saturated rings. The van der Waals surface area contributed by atoms with E-state index in [1.165, 1.54) is 6.07 Å². The molecule has 2 aliphatic heterocycles. The summed E-state index contributed by atoms with van der Waals surface area (Å²) in [5.74, 6) is 0.138. The van der Waals surface area contributed by atoms with Crippen LogP contribution in [0.5, 0.6) is 0 Å². The van der Waals surface area contributed by atoms with E-state index >= 15 is 0 Å². The van der Waals surface area contributed by atoms with Gasteiger partial charge in [0, 0.05) is 50.8 Å². The third kappa shape index (κ3) is 4.21. The van der Waals surface area contributed by atoms with Crippen molar-refractivity contribution in [3.05, 3.63) is 46.9 Å². The van der Waals surface area contributed by atoms with Crippen LogP contribution in [0.2, 0.25) is 0 Å². The second-order valence-corrected chi connectivity index (χ2v) is 7.67. The first-order valence-electron chi connectivity index (χ1n) is 10.3. The second-order valence-electron chi connectivity index (χ2n) is 7.67. The van der Waals surface area contributed by atoms with Crippen LogP contribution in [0.25, 0.3) is 0 Å². The van der Waals surface area contributed by atoms with Gasteiger partial charge in [0.25, 0.3) is 0 Å².